The normalized spacial score (nSPS) is 16.3. The highest BCUT2D eigenvalue weighted by molar-refractivity contribution is 7.14. The molecular formula is C20H22N2O4S. The Morgan fingerprint density at radius 2 is 2.07 bits per heavy atom. The molecule has 0 spiro atoms. The highest BCUT2D eigenvalue weighted by Gasteiger charge is 2.30. The Labute approximate surface area is 162 Å². The summed E-state index contributed by atoms with van der Waals surface area (Å²) in [7, 11) is 0. The number of nitrogens with zero attached hydrogens (tertiary/aromatic N) is 1. The number of esters is 1. The Kier molecular flexibility index (Phi) is 5.60. The lowest BCUT2D eigenvalue weighted by atomic mass is 10.1. The number of thiophene rings is 1. The molecular weight excluding hydrogens is 364 g/mol. The van der Waals surface area contributed by atoms with Gasteiger partial charge in [0.15, 0.2) is 6.61 Å². The van der Waals surface area contributed by atoms with Crippen molar-refractivity contribution in [1.82, 2.24) is 0 Å². The SMILES string of the molecule is CCc1sc(C(=O)OCC(=O)N2c3ccccc3NC(=O)C[C@@H]2C)cc1C. The van der Waals surface area contributed by atoms with Crippen LogP contribution < -0.4 is 10.2 Å². The minimum Gasteiger partial charge on any atom is -0.451 e. The number of amides is 2. The molecule has 1 atom stereocenters. The quantitative estimate of drug-likeness (QED) is 0.816. The fourth-order valence-electron chi connectivity index (χ4n) is 3.21. The number of benzene rings is 1. The first-order chi connectivity index (χ1) is 12.9. The van der Waals surface area contributed by atoms with Crippen LogP contribution in [0.1, 0.15) is 40.4 Å². The van der Waals surface area contributed by atoms with Gasteiger partial charge in [-0.1, -0.05) is 19.1 Å². The molecule has 0 saturated heterocycles. The van der Waals surface area contributed by atoms with Crippen molar-refractivity contribution in [2.45, 2.75) is 39.7 Å². The van der Waals surface area contributed by atoms with Gasteiger partial charge in [0.25, 0.3) is 5.91 Å². The summed E-state index contributed by atoms with van der Waals surface area (Å²) in [6.45, 7) is 5.42. The molecule has 1 N–H and O–H groups in total. The lowest BCUT2D eigenvalue weighted by Crippen LogP contribution is -2.41. The summed E-state index contributed by atoms with van der Waals surface area (Å²) in [6.07, 6.45) is 1.03. The van der Waals surface area contributed by atoms with Crippen LogP contribution in [0, 0.1) is 6.92 Å². The van der Waals surface area contributed by atoms with Gasteiger partial charge in [-0.2, -0.15) is 0 Å². The number of para-hydroxylation sites is 2. The largest absolute Gasteiger partial charge is 0.451 e. The molecule has 3 rings (SSSR count). The monoisotopic (exact) mass is 386 g/mol. The number of carbonyl (C=O) groups is 3. The number of anilines is 2. The van der Waals surface area contributed by atoms with Gasteiger partial charge in [-0.05, 0) is 44.0 Å². The van der Waals surface area contributed by atoms with Crippen molar-refractivity contribution in [3.8, 4) is 0 Å². The summed E-state index contributed by atoms with van der Waals surface area (Å²) in [6, 6.07) is 8.57. The van der Waals surface area contributed by atoms with E-state index in [-0.39, 0.29) is 30.9 Å². The minimum absolute atomic E-state index is 0.150. The van der Waals surface area contributed by atoms with Crippen molar-refractivity contribution in [3.05, 3.63) is 45.6 Å². The van der Waals surface area contributed by atoms with E-state index in [9.17, 15) is 14.4 Å². The van der Waals surface area contributed by atoms with Gasteiger partial charge >= 0.3 is 5.97 Å². The molecule has 0 aliphatic carbocycles. The zero-order valence-corrected chi connectivity index (χ0v) is 16.4. The third kappa shape index (κ3) is 4.03. The van der Waals surface area contributed by atoms with Gasteiger partial charge in [0.05, 0.1) is 11.4 Å². The van der Waals surface area contributed by atoms with E-state index < -0.39 is 5.97 Å². The van der Waals surface area contributed by atoms with Gasteiger partial charge in [0, 0.05) is 17.3 Å². The average Bonchev–Trinajstić information content (AvgIpc) is 2.95. The highest BCUT2D eigenvalue weighted by atomic mass is 32.1. The molecule has 27 heavy (non-hydrogen) atoms. The third-order valence-corrected chi connectivity index (χ3v) is 5.86. The van der Waals surface area contributed by atoms with Crippen molar-refractivity contribution in [2.75, 3.05) is 16.8 Å². The fourth-order valence-corrected chi connectivity index (χ4v) is 4.21. The summed E-state index contributed by atoms with van der Waals surface area (Å²) in [4.78, 5) is 40.3. The van der Waals surface area contributed by atoms with E-state index in [0.29, 0.717) is 16.3 Å². The summed E-state index contributed by atoms with van der Waals surface area (Å²) in [5, 5.41) is 2.80. The number of carbonyl (C=O) groups excluding carboxylic acids is 3. The van der Waals surface area contributed by atoms with E-state index >= 15 is 0 Å². The summed E-state index contributed by atoms with van der Waals surface area (Å²) in [5.74, 6) is -1.01. The lowest BCUT2D eigenvalue weighted by molar-refractivity contribution is -0.122. The predicted octanol–water partition coefficient (Wildman–Crippen LogP) is 3.54. The Morgan fingerprint density at radius 1 is 1.33 bits per heavy atom. The molecule has 1 aromatic carbocycles. The molecule has 6 nitrogen and oxygen atoms in total. The second kappa shape index (κ2) is 7.92. The molecule has 0 fully saturated rings. The van der Waals surface area contributed by atoms with Crippen molar-refractivity contribution in [2.24, 2.45) is 0 Å². The van der Waals surface area contributed by atoms with Gasteiger partial charge < -0.3 is 15.0 Å². The number of fused-ring (bicyclic) bond motifs is 1. The zero-order chi connectivity index (χ0) is 19.6. The van der Waals surface area contributed by atoms with Gasteiger partial charge in [-0.15, -0.1) is 11.3 Å². The first kappa shape index (κ1) is 19.1. The second-order valence-corrected chi connectivity index (χ2v) is 7.67. The van der Waals surface area contributed by atoms with Crippen LogP contribution in [-0.4, -0.2) is 30.4 Å². The standard InChI is InChI=1S/C20H22N2O4S/c1-4-16-12(2)9-17(27-16)20(25)26-11-19(24)22-13(3)10-18(23)21-14-7-5-6-8-15(14)22/h5-9,13H,4,10-11H2,1-3H3,(H,21,23)/t13-/m0/s1. The van der Waals surface area contributed by atoms with E-state index in [1.165, 1.54) is 16.2 Å². The maximum atomic E-state index is 12.8. The van der Waals surface area contributed by atoms with Crippen molar-refractivity contribution in [1.29, 1.82) is 0 Å². The van der Waals surface area contributed by atoms with Gasteiger partial charge in [0.1, 0.15) is 4.88 Å². The summed E-state index contributed by atoms with van der Waals surface area (Å²) < 4.78 is 5.26. The zero-order valence-electron chi connectivity index (χ0n) is 15.6. The Balaban J connectivity index is 1.75. The molecule has 0 bridgehead atoms. The van der Waals surface area contributed by atoms with Crippen LogP contribution in [0.15, 0.2) is 30.3 Å². The van der Waals surface area contributed by atoms with Crippen LogP contribution in [0.2, 0.25) is 0 Å². The molecule has 2 heterocycles. The second-order valence-electron chi connectivity index (χ2n) is 6.53. The van der Waals surface area contributed by atoms with Gasteiger partial charge in [-0.3, -0.25) is 9.59 Å². The van der Waals surface area contributed by atoms with Crippen molar-refractivity contribution >= 4 is 40.5 Å². The minimum atomic E-state index is -0.499. The van der Waals surface area contributed by atoms with Crippen molar-refractivity contribution < 1.29 is 19.1 Å². The average molecular weight is 386 g/mol. The highest BCUT2D eigenvalue weighted by Crippen LogP contribution is 2.31. The number of ether oxygens (including phenoxy) is 1. The molecule has 0 unspecified atom stereocenters. The first-order valence-electron chi connectivity index (χ1n) is 8.88. The number of hydrogen-bond acceptors (Lipinski definition) is 5. The molecule has 0 radical (unpaired) electrons. The van der Waals surface area contributed by atoms with Crippen LogP contribution in [0.5, 0.6) is 0 Å². The molecule has 2 aromatic rings. The number of aryl methyl sites for hydroxylation is 2. The van der Waals surface area contributed by atoms with E-state index in [4.69, 9.17) is 4.74 Å². The molecule has 2 amide bonds. The van der Waals surface area contributed by atoms with Crippen LogP contribution >= 0.6 is 11.3 Å². The number of nitrogens with one attached hydrogen (secondary N) is 1. The van der Waals surface area contributed by atoms with Crippen LogP contribution in [0.4, 0.5) is 11.4 Å². The molecule has 7 heteroatoms. The smallest absolute Gasteiger partial charge is 0.348 e. The Morgan fingerprint density at radius 3 is 2.78 bits per heavy atom. The fraction of sp³-hybridized carbons (Fsp3) is 0.350. The molecule has 1 aliphatic heterocycles. The maximum Gasteiger partial charge on any atom is 0.348 e. The van der Waals surface area contributed by atoms with E-state index in [1.54, 1.807) is 37.3 Å². The Bertz CT molecular complexity index is 890. The Hall–Kier alpha value is -2.67. The maximum absolute atomic E-state index is 12.8. The van der Waals surface area contributed by atoms with Gasteiger partial charge in [0.2, 0.25) is 5.91 Å². The van der Waals surface area contributed by atoms with Crippen molar-refractivity contribution in [3.63, 3.8) is 0 Å². The van der Waals surface area contributed by atoms with Crippen LogP contribution in [-0.2, 0) is 20.7 Å². The van der Waals surface area contributed by atoms with Crippen LogP contribution in [0.25, 0.3) is 0 Å². The first-order valence-corrected chi connectivity index (χ1v) is 9.69. The molecule has 142 valence electrons. The molecule has 1 aliphatic rings. The van der Waals surface area contributed by atoms with Crippen LogP contribution in [0.3, 0.4) is 0 Å². The lowest BCUT2D eigenvalue weighted by Gasteiger charge is -2.27. The summed E-state index contributed by atoms with van der Waals surface area (Å²) >= 11 is 1.39. The predicted molar refractivity (Wildman–Crippen MR) is 105 cm³/mol. The molecule has 1 aromatic heterocycles. The van der Waals surface area contributed by atoms with E-state index in [2.05, 4.69) is 5.32 Å². The summed E-state index contributed by atoms with van der Waals surface area (Å²) in [5.41, 5.74) is 2.24. The number of hydrogen-bond donors (Lipinski definition) is 1. The van der Waals surface area contributed by atoms with Gasteiger partial charge in [-0.25, -0.2) is 4.79 Å². The van der Waals surface area contributed by atoms with E-state index in [0.717, 1.165) is 16.9 Å². The van der Waals surface area contributed by atoms with E-state index in [1.807, 2.05) is 13.8 Å². The third-order valence-electron chi connectivity index (χ3n) is 4.50. The molecule has 0 saturated carbocycles. The number of rotatable bonds is 4. The topological polar surface area (TPSA) is 75.7 Å².